The second kappa shape index (κ2) is 7.55. The second-order valence-corrected chi connectivity index (χ2v) is 5.58. The zero-order valence-electron chi connectivity index (χ0n) is 14.0. The summed E-state index contributed by atoms with van der Waals surface area (Å²) in [5.41, 5.74) is 4.72. The molecule has 3 aromatic rings. The van der Waals surface area contributed by atoms with Crippen LogP contribution in [0.4, 0.5) is 17.5 Å². The van der Waals surface area contributed by atoms with E-state index in [2.05, 4.69) is 57.9 Å². The molecule has 5 nitrogen and oxygen atoms in total. The van der Waals surface area contributed by atoms with Gasteiger partial charge in [-0.2, -0.15) is 10.1 Å². The van der Waals surface area contributed by atoms with Gasteiger partial charge >= 0.3 is 0 Å². The molecule has 0 radical (unpaired) electrons. The van der Waals surface area contributed by atoms with E-state index in [-0.39, 0.29) is 0 Å². The molecule has 0 saturated carbocycles. The van der Waals surface area contributed by atoms with Crippen molar-refractivity contribution in [2.75, 3.05) is 10.6 Å². The molecule has 2 N–H and O–H groups in total. The first-order valence-corrected chi connectivity index (χ1v) is 8.09. The van der Waals surface area contributed by atoms with Crippen LogP contribution in [0, 0.1) is 6.92 Å². The standard InChI is InChI=1S/C19H21N5/c1-3-15-9-6-7-11-17(15)22-19-23-18(13-21-24-19)20-12-16-10-5-4-8-14(16)2/h4-11,13H,3,12H2,1-2H3,(H2,20,22,23,24). The third-order valence-electron chi connectivity index (χ3n) is 3.92. The number of hydrogen-bond donors (Lipinski definition) is 2. The zero-order chi connectivity index (χ0) is 16.8. The number of para-hydroxylation sites is 1. The molecule has 0 unspecified atom stereocenters. The first kappa shape index (κ1) is 15.9. The van der Waals surface area contributed by atoms with Gasteiger partial charge in [-0.05, 0) is 36.1 Å². The Balaban J connectivity index is 1.71. The van der Waals surface area contributed by atoms with Crippen molar-refractivity contribution in [3.63, 3.8) is 0 Å². The van der Waals surface area contributed by atoms with E-state index in [4.69, 9.17) is 0 Å². The highest BCUT2D eigenvalue weighted by Crippen LogP contribution is 2.19. The molecular weight excluding hydrogens is 298 g/mol. The van der Waals surface area contributed by atoms with Crippen LogP contribution in [0.2, 0.25) is 0 Å². The van der Waals surface area contributed by atoms with E-state index in [9.17, 15) is 0 Å². The quantitative estimate of drug-likeness (QED) is 0.716. The van der Waals surface area contributed by atoms with Crippen LogP contribution in [0.25, 0.3) is 0 Å². The fourth-order valence-corrected chi connectivity index (χ4v) is 2.51. The molecule has 3 rings (SSSR count). The van der Waals surface area contributed by atoms with E-state index in [0.29, 0.717) is 18.3 Å². The van der Waals surface area contributed by atoms with E-state index < -0.39 is 0 Å². The molecule has 0 atom stereocenters. The Morgan fingerprint density at radius 1 is 0.958 bits per heavy atom. The predicted molar refractivity (Wildman–Crippen MR) is 97.4 cm³/mol. The number of rotatable bonds is 6. The van der Waals surface area contributed by atoms with Crippen molar-refractivity contribution in [1.29, 1.82) is 0 Å². The van der Waals surface area contributed by atoms with E-state index in [1.54, 1.807) is 6.20 Å². The SMILES string of the molecule is CCc1ccccc1Nc1nncc(NCc2ccccc2C)n1. The van der Waals surface area contributed by atoms with Crippen molar-refractivity contribution in [3.8, 4) is 0 Å². The van der Waals surface area contributed by atoms with Crippen LogP contribution in [0.15, 0.2) is 54.7 Å². The minimum atomic E-state index is 0.491. The van der Waals surface area contributed by atoms with Crippen molar-refractivity contribution in [2.45, 2.75) is 26.8 Å². The number of anilines is 3. The lowest BCUT2D eigenvalue weighted by atomic mass is 10.1. The van der Waals surface area contributed by atoms with Crippen LogP contribution in [0.1, 0.15) is 23.6 Å². The summed E-state index contributed by atoms with van der Waals surface area (Å²) in [6, 6.07) is 16.4. The zero-order valence-corrected chi connectivity index (χ0v) is 14.0. The molecule has 0 saturated heterocycles. The van der Waals surface area contributed by atoms with Gasteiger partial charge in [0.25, 0.3) is 0 Å². The molecule has 1 heterocycles. The molecule has 2 aromatic carbocycles. The van der Waals surface area contributed by atoms with Gasteiger partial charge in [0.1, 0.15) is 0 Å². The summed E-state index contributed by atoms with van der Waals surface area (Å²) in [4.78, 5) is 4.49. The first-order valence-electron chi connectivity index (χ1n) is 8.09. The Kier molecular flexibility index (Phi) is 5.01. The van der Waals surface area contributed by atoms with Crippen molar-refractivity contribution in [3.05, 3.63) is 71.4 Å². The topological polar surface area (TPSA) is 62.7 Å². The Labute approximate surface area is 142 Å². The molecule has 0 fully saturated rings. The molecule has 0 bridgehead atoms. The predicted octanol–water partition coefficient (Wildman–Crippen LogP) is 4.10. The largest absolute Gasteiger partial charge is 0.365 e. The maximum Gasteiger partial charge on any atom is 0.249 e. The number of nitrogens with zero attached hydrogens (tertiary/aromatic N) is 3. The molecule has 1 aromatic heterocycles. The summed E-state index contributed by atoms with van der Waals surface area (Å²) in [6.07, 6.45) is 2.58. The normalized spacial score (nSPS) is 10.4. The first-order chi connectivity index (χ1) is 11.8. The van der Waals surface area contributed by atoms with Gasteiger partial charge in [-0.3, -0.25) is 0 Å². The Morgan fingerprint density at radius 2 is 1.71 bits per heavy atom. The number of benzene rings is 2. The van der Waals surface area contributed by atoms with Crippen molar-refractivity contribution < 1.29 is 0 Å². The third kappa shape index (κ3) is 3.87. The lowest BCUT2D eigenvalue weighted by Gasteiger charge is -2.11. The van der Waals surface area contributed by atoms with Crippen LogP contribution < -0.4 is 10.6 Å². The van der Waals surface area contributed by atoms with Gasteiger partial charge < -0.3 is 10.6 Å². The van der Waals surface area contributed by atoms with E-state index in [1.807, 2.05) is 30.3 Å². The van der Waals surface area contributed by atoms with Crippen LogP contribution in [-0.2, 0) is 13.0 Å². The van der Waals surface area contributed by atoms with Gasteiger partial charge in [-0.15, -0.1) is 5.10 Å². The van der Waals surface area contributed by atoms with Crippen molar-refractivity contribution >= 4 is 17.5 Å². The lowest BCUT2D eigenvalue weighted by Crippen LogP contribution is -2.07. The van der Waals surface area contributed by atoms with E-state index in [1.165, 1.54) is 16.7 Å². The van der Waals surface area contributed by atoms with Gasteiger partial charge in [0.15, 0.2) is 5.82 Å². The molecular formula is C19H21N5. The van der Waals surface area contributed by atoms with Crippen LogP contribution in [0.3, 0.4) is 0 Å². The number of hydrogen-bond acceptors (Lipinski definition) is 5. The van der Waals surface area contributed by atoms with Gasteiger partial charge in [-0.1, -0.05) is 49.4 Å². The average molecular weight is 319 g/mol. The fourth-order valence-electron chi connectivity index (χ4n) is 2.51. The second-order valence-electron chi connectivity index (χ2n) is 5.58. The van der Waals surface area contributed by atoms with Crippen LogP contribution >= 0.6 is 0 Å². The van der Waals surface area contributed by atoms with Crippen molar-refractivity contribution in [1.82, 2.24) is 15.2 Å². The summed E-state index contributed by atoms with van der Waals surface area (Å²) >= 11 is 0. The molecule has 5 heteroatoms. The molecule has 0 aliphatic rings. The van der Waals surface area contributed by atoms with E-state index in [0.717, 1.165) is 12.1 Å². The molecule has 122 valence electrons. The number of aryl methyl sites for hydroxylation is 2. The average Bonchev–Trinajstić information content (AvgIpc) is 2.62. The molecule has 24 heavy (non-hydrogen) atoms. The third-order valence-corrected chi connectivity index (χ3v) is 3.92. The molecule has 0 spiro atoms. The highest BCUT2D eigenvalue weighted by Gasteiger charge is 2.05. The van der Waals surface area contributed by atoms with Gasteiger partial charge in [0.2, 0.25) is 5.95 Å². The summed E-state index contributed by atoms with van der Waals surface area (Å²) in [7, 11) is 0. The smallest absolute Gasteiger partial charge is 0.249 e. The highest BCUT2D eigenvalue weighted by molar-refractivity contribution is 5.58. The Morgan fingerprint density at radius 3 is 2.50 bits per heavy atom. The van der Waals surface area contributed by atoms with Crippen LogP contribution in [-0.4, -0.2) is 15.2 Å². The molecule has 0 aliphatic carbocycles. The number of nitrogens with one attached hydrogen (secondary N) is 2. The Hall–Kier alpha value is -2.95. The summed E-state index contributed by atoms with van der Waals surface area (Å²) in [5, 5.41) is 14.7. The molecule has 0 amide bonds. The maximum absolute atomic E-state index is 4.49. The fraction of sp³-hybridized carbons (Fsp3) is 0.211. The summed E-state index contributed by atoms with van der Waals surface area (Å²) in [6.45, 7) is 4.93. The summed E-state index contributed by atoms with van der Waals surface area (Å²) < 4.78 is 0. The van der Waals surface area contributed by atoms with E-state index >= 15 is 0 Å². The minimum absolute atomic E-state index is 0.491. The monoisotopic (exact) mass is 319 g/mol. The maximum atomic E-state index is 4.49. The van der Waals surface area contributed by atoms with Gasteiger partial charge in [0, 0.05) is 12.2 Å². The minimum Gasteiger partial charge on any atom is -0.365 e. The highest BCUT2D eigenvalue weighted by atomic mass is 15.3. The summed E-state index contributed by atoms with van der Waals surface area (Å²) in [5.74, 6) is 1.19. The van der Waals surface area contributed by atoms with Gasteiger partial charge in [0.05, 0.1) is 6.20 Å². The lowest BCUT2D eigenvalue weighted by molar-refractivity contribution is 0.962. The number of aromatic nitrogens is 3. The molecule has 0 aliphatic heterocycles. The van der Waals surface area contributed by atoms with Gasteiger partial charge in [-0.25, -0.2) is 0 Å². The Bertz CT molecular complexity index is 816. The van der Waals surface area contributed by atoms with Crippen LogP contribution in [0.5, 0.6) is 0 Å². The van der Waals surface area contributed by atoms with Crippen molar-refractivity contribution in [2.24, 2.45) is 0 Å².